The van der Waals surface area contributed by atoms with Crippen LogP contribution in [0.25, 0.3) is 0 Å². The number of rotatable bonds is 5. The SMILES string of the molecule is CC(CCN)SCC(=O)N1CCOCC1. The number of hydrogen-bond donors (Lipinski definition) is 1. The van der Waals surface area contributed by atoms with E-state index < -0.39 is 0 Å². The fourth-order valence-electron chi connectivity index (χ4n) is 1.44. The molecule has 0 spiro atoms. The summed E-state index contributed by atoms with van der Waals surface area (Å²) in [5.74, 6) is 0.799. The van der Waals surface area contributed by atoms with Gasteiger partial charge in [-0.05, 0) is 13.0 Å². The summed E-state index contributed by atoms with van der Waals surface area (Å²) in [6, 6.07) is 0. The van der Waals surface area contributed by atoms with Gasteiger partial charge >= 0.3 is 0 Å². The Kier molecular flexibility index (Phi) is 6.05. The van der Waals surface area contributed by atoms with E-state index in [4.69, 9.17) is 10.5 Å². The molecular weight excluding hydrogens is 212 g/mol. The Balaban J connectivity index is 2.16. The van der Waals surface area contributed by atoms with Gasteiger partial charge in [-0.25, -0.2) is 0 Å². The van der Waals surface area contributed by atoms with E-state index in [2.05, 4.69) is 6.92 Å². The van der Waals surface area contributed by atoms with Crippen LogP contribution in [-0.2, 0) is 9.53 Å². The maximum absolute atomic E-state index is 11.7. The van der Waals surface area contributed by atoms with Gasteiger partial charge in [0.2, 0.25) is 5.91 Å². The lowest BCUT2D eigenvalue weighted by atomic mass is 10.3. The smallest absolute Gasteiger partial charge is 0.232 e. The molecule has 1 heterocycles. The Bertz CT molecular complexity index is 196. The van der Waals surface area contributed by atoms with Gasteiger partial charge in [0.1, 0.15) is 0 Å². The van der Waals surface area contributed by atoms with Crippen molar-refractivity contribution in [2.24, 2.45) is 5.73 Å². The van der Waals surface area contributed by atoms with Gasteiger partial charge in [-0.2, -0.15) is 0 Å². The van der Waals surface area contributed by atoms with Crippen molar-refractivity contribution < 1.29 is 9.53 Å². The highest BCUT2D eigenvalue weighted by molar-refractivity contribution is 8.00. The molecule has 15 heavy (non-hydrogen) atoms. The lowest BCUT2D eigenvalue weighted by Gasteiger charge is -2.27. The van der Waals surface area contributed by atoms with Crippen molar-refractivity contribution >= 4 is 17.7 Å². The number of ether oxygens (including phenoxy) is 1. The van der Waals surface area contributed by atoms with Gasteiger partial charge in [0.05, 0.1) is 19.0 Å². The van der Waals surface area contributed by atoms with Crippen LogP contribution in [0.4, 0.5) is 0 Å². The normalized spacial score (nSPS) is 18.9. The number of morpholine rings is 1. The Morgan fingerprint density at radius 3 is 2.80 bits per heavy atom. The molecule has 0 aromatic heterocycles. The second-order valence-corrected chi connectivity index (χ2v) is 5.12. The summed E-state index contributed by atoms with van der Waals surface area (Å²) >= 11 is 1.69. The van der Waals surface area contributed by atoms with E-state index in [-0.39, 0.29) is 5.91 Å². The zero-order chi connectivity index (χ0) is 11.1. The first-order valence-electron chi connectivity index (χ1n) is 5.41. The molecule has 5 heteroatoms. The maximum atomic E-state index is 11.7. The minimum absolute atomic E-state index is 0.229. The summed E-state index contributed by atoms with van der Waals surface area (Å²) in [5, 5.41) is 0.472. The summed E-state index contributed by atoms with van der Waals surface area (Å²) in [4.78, 5) is 13.6. The van der Waals surface area contributed by atoms with Crippen molar-refractivity contribution in [1.29, 1.82) is 0 Å². The first-order valence-corrected chi connectivity index (χ1v) is 6.46. The fourth-order valence-corrected chi connectivity index (χ4v) is 2.35. The van der Waals surface area contributed by atoms with Gasteiger partial charge in [-0.15, -0.1) is 11.8 Å². The zero-order valence-electron chi connectivity index (χ0n) is 9.28. The summed E-state index contributed by atoms with van der Waals surface area (Å²) in [7, 11) is 0. The lowest BCUT2D eigenvalue weighted by molar-refractivity contribution is -0.132. The molecule has 1 rings (SSSR count). The highest BCUT2D eigenvalue weighted by atomic mass is 32.2. The quantitative estimate of drug-likeness (QED) is 0.741. The van der Waals surface area contributed by atoms with Crippen LogP contribution in [0.2, 0.25) is 0 Å². The monoisotopic (exact) mass is 232 g/mol. The third kappa shape index (κ3) is 4.86. The van der Waals surface area contributed by atoms with Gasteiger partial charge in [-0.3, -0.25) is 4.79 Å². The number of nitrogens with two attached hydrogens (primary N) is 1. The number of hydrogen-bond acceptors (Lipinski definition) is 4. The Labute approximate surface area is 95.5 Å². The van der Waals surface area contributed by atoms with E-state index >= 15 is 0 Å². The highest BCUT2D eigenvalue weighted by Crippen LogP contribution is 2.14. The molecule has 1 atom stereocenters. The predicted molar refractivity (Wildman–Crippen MR) is 63.0 cm³/mol. The average Bonchev–Trinajstić information content (AvgIpc) is 2.27. The van der Waals surface area contributed by atoms with Crippen molar-refractivity contribution in [1.82, 2.24) is 4.90 Å². The Morgan fingerprint density at radius 2 is 2.20 bits per heavy atom. The third-order valence-electron chi connectivity index (χ3n) is 2.43. The first kappa shape index (κ1) is 12.8. The summed E-state index contributed by atoms with van der Waals surface area (Å²) in [6.45, 7) is 5.64. The van der Waals surface area contributed by atoms with Crippen molar-refractivity contribution in [3.8, 4) is 0 Å². The molecule has 1 aliphatic heterocycles. The predicted octanol–water partition coefficient (Wildman–Crippen LogP) is 0.316. The van der Waals surface area contributed by atoms with E-state index in [1.807, 2.05) is 4.90 Å². The van der Waals surface area contributed by atoms with E-state index in [0.717, 1.165) is 19.5 Å². The third-order valence-corrected chi connectivity index (χ3v) is 3.65. The molecule has 0 saturated carbocycles. The van der Waals surface area contributed by atoms with Crippen molar-refractivity contribution in [2.45, 2.75) is 18.6 Å². The molecule has 1 saturated heterocycles. The molecule has 1 amide bonds. The van der Waals surface area contributed by atoms with Crippen LogP contribution in [0, 0.1) is 0 Å². The minimum Gasteiger partial charge on any atom is -0.378 e. The number of thioether (sulfide) groups is 1. The van der Waals surface area contributed by atoms with Crippen molar-refractivity contribution in [3.63, 3.8) is 0 Å². The molecule has 88 valence electrons. The topological polar surface area (TPSA) is 55.6 Å². The standard InChI is InChI=1S/C10H20N2O2S/c1-9(2-3-11)15-8-10(13)12-4-6-14-7-5-12/h9H,2-8,11H2,1H3. The summed E-state index contributed by atoms with van der Waals surface area (Å²) in [6.07, 6.45) is 0.973. The van der Waals surface area contributed by atoms with E-state index in [1.165, 1.54) is 0 Å². The Morgan fingerprint density at radius 1 is 1.53 bits per heavy atom. The van der Waals surface area contributed by atoms with Gasteiger partial charge in [0, 0.05) is 18.3 Å². The molecule has 0 aromatic carbocycles. The van der Waals surface area contributed by atoms with E-state index in [0.29, 0.717) is 30.8 Å². The van der Waals surface area contributed by atoms with Gasteiger partial charge < -0.3 is 15.4 Å². The van der Waals surface area contributed by atoms with Crippen molar-refractivity contribution in [2.75, 3.05) is 38.6 Å². The zero-order valence-corrected chi connectivity index (χ0v) is 10.1. The second kappa shape index (κ2) is 7.09. The maximum Gasteiger partial charge on any atom is 0.232 e. The molecule has 2 N–H and O–H groups in total. The highest BCUT2D eigenvalue weighted by Gasteiger charge is 2.17. The molecule has 4 nitrogen and oxygen atoms in total. The molecule has 0 aromatic rings. The molecular formula is C10H20N2O2S. The number of nitrogens with zero attached hydrogens (tertiary/aromatic N) is 1. The van der Waals surface area contributed by atoms with Crippen LogP contribution in [0.1, 0.15) is 13.3 Å². The first-order chi connectivity index (χ1) is 7.24. The number of amides is 1. The van der Waals surface area contributed by atoms with Crippen LogP contribution in [0.15, 0.2) is 0 Å². The Hall–Kier alpha value is -0.260. The largest absolute Gasteiger partial charge is 0.378 e. The van der Waals surface area contributed by atoms with Crippen LogP contribution < -0.4 is 5.73 Å². The summed E-state index contributed by atoms with van der Waals surface area (Å²) < 4.78 is 5.20. The molecule has 0 aliphatic carbocycles. The van der Waals surface area contributed by atoms with Crippen LogP contribution in [-0.4, -0.2) is 54.7 Å². The van der Waals surface area contributed by atoms with E-state index in [9.17, 15) is 4.79 Å². The number of carbonyl (C=O) groups excluding carboxylic acids is 1. The van der Waals surface area contributed by atoms with Crippen molar-refractivity contribution in [3.05, 3.63) is 0 Å². The molecule has 1 unspecified atom stereocenters. The second-order valence-electron chi connectivity index (χ2n) is 3.69. The lowest BCUT2D eigenvalue weighted by Crippen LogP contribution is -2.41. The van der Waals surface area contributed by atoms with Gasteiger partial charge in [-0.1, -0.05) is 6.92 Å². The average molecular weight is 232 g/mol. The van der Waals surface area contributed by atoms with E-state index in [1.54, 1.807) is 11.8 Å². The fraction of sp³-hybridized carbons (Fsp3) is 0.900. The van der Waals surface area contributed by atoms with Crippen LogP contribution in [0.5, 0.6) is 0 Å². The molecule has 0 radical (unpaired) electrons. The van der Waals surface area contributed by atoms with Crippen LogP contribution >= 0.6 is 11.8 Å². The van der Waals surface area contributed by atoms with Gasteiger partial charge in [0.15, 0.2) is 0 Å². The molecule has 0 bridgehead atoms. The molecule has 1 aliphatic rings. The summed E-state index contributed by atoms with van der Waals surface area (Å²) in [5.41, 5.74) is 5.45. The van der Waals surface area contributed by atoms with Gasteiger partial charge in [0.25, 0.3) is 0 Å². The molecule has 1 fully saturated rings. The number of carbonyl (C=O) groups is 1. The van der Waals surface area contributed by atoms with Crippen LogP contribution in [0.3, 0.4) is 0 Å². The minimum atomic E-state index is 0.229.